The molecule has 0 fully saturated rings. The lowest BCUT2D eigenvalue weighted by atomic mass is 9.86. The maximum absolute atomic E-state index is 13.8. The highest BCUT2D eigenvalue weighted by Crippen LogP contribution is 2.25. The summed E-state index contributed by atoms with van der Waals surface area (Å²) in [5.41, 5.74) is 8.47. The largest absolute Gasteiger partial charge is 0.321 e. The van der Waals surface area contributed by atoms with Crippen LogP contribution >= 0.6 is 11.6 Å². The number of nitrogens with two attached hydrogens (primary N) is 1. The van der Waals surface area contributed by atoms with Gasteiger partial charge >= 0.3 is 0 Å². The fourth-order valence-corrected chi connectivity index (χ4v) is 2.26. The Bertz CT molecular complexity index is 576. The first-order valence-corrected chi connectivity index (χ1v) is 6.56. The normalized spacial score (nSPS) is 14.2. The van der Waals surface area contributed by atoms with Gasteiger partial charge in [-0.3, -0.25) is 0 Å². The maximum atomic E-state index is 13.8. The fourth-order valence-electron chi connectivity index (χ4n) is 2.10. The first-order valence-electron chi connectivity index (χ1n) is 6.18. The minimum absolute atomic E-state index is 0.309. The van der Waals surface area contributed by atoms with Crippen molar-refractivity contribution in [1.29, 1.82) is 0 Å². The van der Waals surface area contributed by atoms with Gasteiger partial charge in [-0.2, -0.15) is 0 Å². The maximum Gasteiger partial charge on any atom is 0.127 e. The molecule has 2 N–H and O–H groups in total. The minimum Gasteiger partial charge on any atom is -0.321 e. The zero-order chi connectivity index (χ0) is 14.0. The Labute approximate surface area is 118 Å². The van der Waals surface area contributed by atoms with Gasteiger partial charge in [0.1, 0.15) is 5.82 Å². The van der Waals surface area contributed by atoms with Crippen LogP contribution in [0.4, 0.5) is 4.39 Å². The molecule has 0 heterocycles. The SMILES string of the molecule is Cc1ccc(C(C)(N)Cc2ccc(Cl)cc2F)cc1. The molecule has 100 valence electrons. The molecule has 0 aliphatic heterocycles. The molecular weight excluding hydrogens is 261 g/mol. The van der Waals surface area contributed by atoms with Gasteiger partial charge in [-0.15, -0.1) is 0 Å². The molecule has 1 unspecified atom stereocenters. The van der Waals surface area contributed by atoms with Crippen molar-refractivity contribution in [3.8, 4) is 0 Å². The van der Waals surface area contributed by atoms with E-state index in [4.69, 9.17) is 17.3 Å². The van der Waals surface area contributed by atoms with Crippen LogP contribution in [0.15, 0.2) is 42.5 Å². The summed E-state index contributed by atoms with van der Waals surface area (Å²) in [7, 11) is 0. The van der Waals surface area contributed by atoms with Crippen molar-refractivity contribution >= 4 is 11.6 Å². The average Bonchev–Trinajstić information content (AvgIpc) is 2.33. The third kappa shape index (κ3) is 3.34. The van der Waals surface area contributed by atoms with E-state index in [1.54, 1.807) is 12.1 Å². The summed E-state index contributed by atoms with van der Waals surface area (Å²) < 4.78 is 13.8. The van der Waals surface area contributed by atoms with Crippen molar-refractivity contribution in [2.45, 2.75) is 25.8 Å². The summed E-state index contributed by atoms with van der Waals surface area (Å²) in [5, 5.41) is 0.398. The van der Waals surface area contributed by atoms with Gasteiger partial charge in [0.15, 0.2) is 0 Å². The molecule has 1 nitrogen and oxygen atoms in total. The second kappa shape index (κ2) is 5.32. The summed E-state index contributed by atoms with van der Waals surface area (Å²) >= 11 is 5.75. The topological polar surface area (TPSA) is 26.0 Å². The van der Waals surface area contributed by atoms with E-state index < -0.39 is 5.54 Å². The Balaban J connectivity index is 2.27. The van der Waals surface area contributed by atoms with Gasteiger partial charge in [-0.05, 0) is 43.5 Å². The van der Waals surface area contributed by atoms with Crippen LogP contribution in [0, 0.1) is 12.7 Å². The lowest BCUT2D eigenvalue weighted by molar-refractivity contribution is 0.475. The fraction of sp³-hybridized carbons (Fsp3) is 0.250. The number of aryl methyl sites for hydroxylation is 1. The molecule has 1 atom stereocenters. The average molecular weight is 278 g/mol. The summed E-state index contributed by atoms with van der Waals surface area (Å²) in [6.45, 7) is 3.93. The third-order valence-corrected chi connectivity index (χ3v) is 3.52. The highest BCUT2D eigenvalue weighted by molar-refractivity contribution is 6.30. The van der Waals surface area contributed by atoms with Gasteiger partial charge in [0.25, 0.3) is 0 Å². The van der Waals surface area contributed by atoms with Crippen LogP contribution in [0.2, 0.25) is 5.02 Å². The third-order valence-electron chi connectivity index (χ3n) is 3.28. The van der Waals surface area contributed by atoms with E-state index in [0.717, 1.165) is 5.56 Å². The second-order valence-electron chi connectivity index (χ2n) is 5.20. The van der Waals surface area contributed by atoms with Crippen LogP contribution in [0.1, 0.15) is 23.6 Å². The number of hydrogen-bond donors (Lipinski definition) is 1. The zero-order valence-corrected chi connectivity index (χ0v) is 11.8. The van der Waals surface area contributed by atoms with Crippen LogP contribution in [-0.4, -0.2) is 0 Å². The predicted molar refractivity (Wildman–Crippen MR) is 77.8 cm³/mol. The quantitative estimate of drug-likeness (QED) is 0.894. The zero-order valence-electron chi connectivity index (χ0n) is 11.1. The summed E-state index contributed by atoms with van der Waals surface area (Å²) in [4.78, 5) is 0. The van der Waals surface area contributed by atoms with Crippen molar-refractivity contribution in [3.63, 3.8) is 0 Å². The molecule has 2 rings (SSSR count). The summed E-state index contributed by atoms with van der Waals surface area (Å²) in [6, 6.07) is 12.7. The Morgan fingerprint density at radius 3 is 2.37 bits per heavy atom. The minimum atomic E-state index is -0.609. The highest BCUT2D eigenvalue weighted by atomic mass is 35.5. The van der Waals surface area contributed by atoms with Gasteiger partial charge in [-0.25, -0.2) is 4.39 Å². The second-order valence-corrected chi connectivity index (χ2v) is 5.63. The number of rotatable bonds is 3. The van der Waals surface area contributed by atoms with E-state index in [1.807, 2.05) is 38.1 Å². The van der Waals surface area contributed by atoms with E-state index in [1.165, 1.54) is 11.6 Å². The summed E-state index contributed by atoms with van der Waals surface area (Å²) in [6.07, 6.45) is 0.430. The molecule has 0 aromatic heterocycles. The molecule has 3 heteroatoms. The molecule has 0 aliphatic rings. The van der Waals surface area contributed by atoms with Crippen molar-refractivity contribution in [2.24, 2.45) is 5.73 Å². The number of benzene rings is 2. The first-order chi connectivity index (χ1) is 8.88. The van der Waals surface area contributed by atoms with Gasteiger partial charge < -0.3 is 5.73 Å². The van der Waals surface area contributed by atoms with Crippen molar-refractivity contribution < 1.29 is 4.39 Å². The van der Waals surface area contributed by atoms with Gasteiger partial charge in [0, 0.05) is 10.6 Å². The molecule has 0 aliphatic carbocycles. The summed E-state index contributed by atoms with van der Waals surface area (Å²) in [5.74, 6) is -0.309. The molecule has 0 saturated carbocycles. The smallest absolute Gasteiger partial charge is 0.127 e. The Morgan fingerprint density at radius 1 is 1.16 bits per heavy atom. The van der Waals surface area contributed by atoms with E-state index in [9.17, 15) is 4.39 Å². The number of hydrogen-bond acceptors (Lipinski definition) is 1. The molecule has 2 aromatic rings. The highest BCUT2D eigenvalue weighted by Gasteiger charge is 2.23. The van der Waals surface area contributed by atoms with Gasteiger partial charge in [0.2, 0.25) is 0 Å². The van der Waals surface area contributed by atoms with Gasteiger partial charge in [-0.1, -0.05) is 47.5 Å². The lowest BCUT2D eigenvalue weighted by Gasteiger charge is -2.26. The molecule has 19 heavy (non-hydrogen) atoms. The van der Waals surface area contributed by atoms with E-state index in [2.05, 4.69) is 0 Å². The Morgan fingerprint density at radius 2 is 1.79 bits per heavy atom. The van der Waals surface area contributed by atoms with Crippen LogP contribution in [0.25, 0.3) is 0 Å². The van der Waals surface area contributed by atoms with E-state index in [0.29, 0.717) is 17.0 Å². The lowest BCUT2D eigenvalue weighted by Crippen LogP contribution is -2.35. The first kappa shape index (κ1) is 14.0. The molecule has 0 saturated heterocycles. The van der Waals surface area contributed by atoms with Crippen LogP contribution < -0.4 is 5.73 Å². The van der Waals surface area contributed by atoms with Crippen LogP contribution in [0.3, 0.4) is 0 Å². The molecule has 0 amide bonds. The molecule has 2 aromatic carbocycles. The van der Waals surface area contributed by atoms with E-state index in [-0.39, 0.29) is 5.82 Å². The van der Waals surface area contributed by atoms with Gasteiger partial charge in [0.05, 0.1) is 0 Å². The Kier molecular flexibility index (Phi) is 3.93. The number of halogens is 2. The van der Waals surface area contributed by atoms with Crippen LogP contribution in [0.5, 0.6) is 0 Å². The molecule has 0 radical (unpaired) electrons. The van der Waals surface area contributed by atoms with Crippen molar-refractivity contribution in [1.82, 2.24) is 0 Å². The van der Waals surface area contributed by atoms with Crippen molar-refractivity contribution in [3.05, 3.63) is 70.0 Å². The van der Waals surface area contributed by atoms with Crippen LogP contribution in [-0.2, 0) is 12.0 Å². The molecule has 0 spiro atoms. The predicted octanol–water partition coefficient (Wildman–Crippen LogP) is 4.20. The monoisotopic (exact) mass is 277 g/mol. The van der Waals surface area contributed by atoms with E-state index >= 15 is 0 Å². The van der Waals surface area contributed by atoms with Crippen molar-refractivity contribution in [2.75, 3.05) is 0 Å². The molecule has 0 bridgehead atoms. The standard InChI is InChI=1S/C16H17ClFN/c1-11-3-6-13(7-4-11)16(2,19)10-12-5-8-14(17)9-15(12)18/h3-9H,10,19H2,1-2H3. The Hall–Kier alpha value is -1.38. The molecular formula is C16H17ClFN.